The van der Waals surface area contributed by atoms with E-state index in [1.807, 2.05) is 0 Å². The summed E-state index contributed by atoms with van der Waals surface area (Å²) in [6, 6.07) is 6.20. The number of alkyl halides is 1. The van der Waals surface area contributed by atoms with Gasteiger partial charge in [0.1, 0.15) is 4.88 Å². The van der Waals surface area contributed by atoms with Gasteiger partial charge in [-0.3, -0.25) is 9.59 Å². The van der Waals surface area contributed by atoms with Crippen molar-refractivity contribution in [1.29, 1.82) is 0 Å². The first-order chi connectivity index (χ1) is 9.92. The predicted molar refractivity (Wildman–Crippen MR) is 89.9 cm³/mol. The summed E-state index contributed by atoms with van der Waals surface area (Å²) >= 11 is 16.4. The van der Waals surface area contributed by atoms with E-state index in [-0.39, 0.29) is 5.56 Å². The maximum absolute atomic E-state index is 12.2. The number of halogens is 3. The molecule has 0 bridgehead atoms. The largest absolute Gasteiger partial charge is 0.366 e. The molecule has 0 aliphatic rings. The van der Waals surface area contributed by atoms with E-state index in [0.717, 1.165) is 4.88 Å². The summed E-state index contributed by atoms with van der Waals surface area (Å²) in [7, 11) is 0. The average Bonchev–Trinajstić information content (AvgIpc) is 2.82. The molecule has 4 nitrogen and oxygen atoms in total. The number of hydrogen-bond donors (Lipinski definition) is 2. The fraction of sp³-hybridized carbons (Fsp3) is 0.0769. The molecule has 2 aromatic rings. The summed E-state index contributed by atoms with van der Waals surface area (Å²) in [4.78, 5) is 24.9. The lowest BCUT2D eigenvalue weighted by Gasteiger charge is -2.08. The molecule has 1 heterocycles. The Morgan fingerprint density at radius 2 is 2.00 bits per heavy atom. The number of anilines is 1. The zero-order valence-corrected chi connectivity index (χ0v) is 14.4. The molecule has 0 spiro atoms. The summed E-state index contributed by atoms with van der Waals surface area (Å²) in [6.45, 7) is 0. The quantitative estimate of drug-likeness (QED) is 0.741. The smallest absolute Gasteiger partial charge is 0.267 e. The van der Waals surface area contributed by atoms with Gasteiger partial charge in [-0.1, -0.05) is 39.1 Å². The molecule has 0 aliphatic carbocycles. The molecule has 8 heteroatoms. The van der Waals surface area contributed by atoms with Crippen molar-refractivity contribution >= 4 is 68.0 Å². The second-order valence-corrected chi connectivity index (χ2v) is 6.57. The van der Waals surface area contributed by atoms with Crippen LogP contribution in [-0.4, -0.2) is 11.8 Å². The zero-order valence-electron chi connectivity index (χ0n) is 10.5. The fourth-order valence-corrected chi connectivity index (χ4v) is 3.51. The first kappa shape index (κ1) is 16.3. The average molecular weight is 408 g/mol. The molecule has 1 aromatic heterocycles. The van der Waals surface area contributed by atoms with Gasteiger partial charge in [0.2, 0.25) is 0 Å². The molecule has 0 unspecified atom stereocenters. The minimum absolute atomic E-state index is 0.143. The number of primary amides is 1. The van der Waals surface area contributed by atoms with E-state index in [4.69, 9.17) is 28.9 Å². The van der Waals surface area contributed by atoms with Gasteiger partial charge in [-0.2, -0.15) is 0 Å². The van der Waals surface area contributed by atoms with E-state index < -0.39 is 11.8 Å². The van der Waals surface area contributed by atoms with Crippen molar-refractivity contribution in [2.75, 3.05) is 5.32 Å². The normalized spacial score (nSPS) is 10.4. The van der Waals surface area contributed by atoms with Gasteiger partial charge in [-0.05, 0) is 24.3 Å². The monoisotopic (exact) mass is 406 g/mol. The number of hydrogen-bond acceptors (Lipinski definition) is 3. The van der Waals surface area contributed by atoms with E-state index in [2.05, 4.69) is 21.2 Å². The lowest BCUT2D eigenvalue weighted by Crippen LogP contribution is -2.17. The van der Waals surface area contributed by atoms with Gasteiger partial charge in [-0.25, -0.2) is 0 Å². The third-order valence-electron chi connectivity index (χ3n) is 2.57. The van der Waals surface area contributed by atoms with Crippen LogP contribution in [0.25, 0.3) is 0 Å². The molecular formula is C13H9BrCl2N2O2S. The van der Waals surface area contributed by atoms with Gasteiger partial charge in [0.15, 0.2) is 0 Å². The van der Waals surface area contributed by atoms with E-state index >= 15 is 0 Å². The van der Waals surface area contributed by atoms with Crippen LogP contribution in [0.1, 0.15) is 24.9 Å². The number of nitrogens with one attached hydrogen (secondary N) is 1. The summed E-state index contributed by atoms with van der Waals surface area (Å²) in [5.41, 5.74) is 5.71. The van der Waals surface area contributed by atoms with Gasteiger partial charge in [0, 0.05) is 15.2 Å². The van der Waals surface area contributed by atoms with E-state index in [9.17, 15) is 9.59 Å². The molecule has 3 N–H and O–H groups in total. The number of carbonyl (C=O) groups is 2. The van der Waals surface area contributed by atoms with E-state index in [1.54, 1.807) is 12.1 Å². The Hall–Kier alpha value is -1.08. The molecule has 0 saturated carbocycles. The number of rotatable bonds is 4. The number of benzene rings is 1. The topological polar surface area (TPSA) is 72.2 Å². The predicted octanol–water partition coefficient (Wildman–Crippen LogP) is 4.30. The number of thiophene rings is 1. The van der Waals surface area contributed by atoms with Crippen molar-refractivity contribution in [3.8, 4) is 0 Å². The minimum atomic E-state index is -0.675. The van der Waals surface area contributed by atoms with Crippen LogP contribution in [0.15, 0.2) is 24.3 Å². The lowest BCUT2D eigenvalue weighted by atomic mass is 10.1. The summed E-state index contributed by atoms with van der Waals surface area (Å²) in [5, 5.41) is 3.96. The third kappa shape index (κ3) is 3.77. The van der Waals surface area contributed by atoms with Crippen molar-refractivity contribution in [2.24, 2.45) is 5.73 Å². The Morgan fingerprint density at radius 3 is 2.57 bits per heavy atom. The second-order valence-electron chi connectivity index (χ2n) is 4.03. The summed E-state index contributed by atoms with van der Waals surface area (Å²) < 4.78 is 0. The van der Waals surface area contributed by atoms with Crippen LogP contribution in [0.2, 0.25) is 10.0 Å². The first-order valence-corrected chi connectivity index (χ1v) is 8.36. The van der Waals surface area contributed by atoms with Crippen molar-refractivity contribution in [3.05, 3.63) is 49.6 Å². The molecule has 21 heavy (non-hydrogen) atoms. The molecular weight excluding hydrogens is 399 g/mol. The number of carbonyl (C=O) groups excluding carboxylic acids is 2. The highest BCUT2D eigenvalue weighted by atomic mass is 79.9. The van der Waals surface area contributed by atoms with E-state index in [0.29, 0.717) is 25.9 Å². The van der Waals surface area contributed by atoms with Crippen molar-refractivity contribution < 1.29 is 9.59 Å². The Kier molecular flexibility index (Phi) is 5.27. The first-order valence-electron chi connectivity index (χ1n) is 5.67. The highest BCUT2D eigenvalue weighted by Crippen LogP contribution is 2.30. The highest BCUT2D eigenvalue weighted by molar-refractivity contribution is 9.08. The molecule has 0 saturated heterocycles. The van der Waals surface area contributed by atoms with Crippen LogP contribution in [-0.2, 0) is 5.33 Å². The van der Waals surface area contributed by atoms with Crippen molar-refractivity contribution in [3.63, 3.8) is 0 Å². The maximum atomic E-state index is 12.2. The van der Waals surface area contributed by atoms with Crippen LogP contribution in [0, 0.1) is 0 Å². The Morgan fingerprint density at radius 1 is 1.29 bits per heavy atom. The number of amides is 2. The third-order valence-corrected chi connectivity index (χ3v) is 5.33. The van der Waals surface area contributed by atoms with Crippen LogP contribution in [0.4, 0.5) is 5.69 Å². The Labute approximate surface area is 143 Å². The Balaban J connectivity index is 2.31. The molecule has 0 fully saturated rings. The molecule has 0 atom stereocenters. The fourth-order valence-electron chi connectivity index (χ4n) is 1.65. The van der Waals surface area contributed by atoms with Crippen molar-refractivity contribution in [1.82, 2.24) is 0 Å². The second kappa shape index (κ2) is 6.79. The van der Waals surface area contributed by atoms with Gasteiger partial charge in [0.05, 0.1) is 16.3 Å². The molecule has 2 rings (SSSR count). The van der Waals surface area contributed by atoms with Gasteiger partial charge >= 0.3 is 0 Å². The SMILES string of the molecule is NC(=O)c1cc(Cl)ccc1NC(=O)c1sc(CBr)cc1Cl. The summed E-state index contributed by atoms with van der Waals surface area (Å²) in [5.74, 6) is -1.08. The maximum Gasteiger partial charge on any atom is 0.267 e. The lowest BCUT2D eigenvalue weighted by molar-refractivity contribution is 0.100. The van der Waals surface area contributed by atoms with Crippen LogP contribution in [0.3, 0.4) is 0 Å². The number of nitrogens with two attached hydrogens (primary N) is 1. The van der Waals surface area contributed by atoms with E-state index in [1.165, 1.54) is 23.5 Å². The molecule has 110 valence electrons. The molecule has 2 amide bonds. The minimum Gasteiger partial charge on any atom is -0.366 e. The van der Waals surface area contributed by atoms with Gasteiger partial charge in [-0.15, -0.1) is 11.3 Å². The standard InChI is InChI=1S/C13H9BrCl2N2O2S/c14-5-7-4-9(16)11(21-7)13(20)18-10-2-1-6(15)3-8(10)12(17)19/h1-4H,5H2,(H2,17,19)(H,18,20). The van der Waals surface area contributed by atoms with Crippen LogP contribution < -0.4 is 11.1 Å². The van der Waals surface area contributed by atoms with Crippen LogP contribution in [0.5, 0.6) is 0 Å². The molecule has 0 aliphatic heterocycles. The van der Waals surface area contributed by atoms with Crippen molar-refractivity contribution in [2.45, 2.75) is 5.33 Å². The molecule has 0 radical (unpaired) electrons. The van der Waals surface area contributed by atoms with Gasteiger partial charge < -0.3 is 11.1 Å². The van der Waals surface area contributed by atoms with Crippen LogP contribution >= 0.6 is 50.5 Å². The zero-order chi connectivity index (χ0) is 15.6. The van der Waals surface area contributed by atoms with Gasteiger partial charge in [0.25, 0.3) is 11.8 Å². The summed E-state index contributed by atoms with van der Waals surface area (Å²) in [6.07, 6.45) is 0. The Bertz CT molecular complexity index is 718. The highest BCUT2D eigenvalue weighted by Gasteiger charge is 2.17. The molecule has 1 aromatic carbocycles.